The number of nitrogens with zero attached hydrogens (tertiary/aromatic N) is 1. The van der Waals surface area contributed by atoms with Crippen LogP contribution in [0.2, 0.25) is 0 Å². The van der Waals surface area contributed by atoms with E-state index >= 15 is 0 Å². The third-order valence-electron chi connectivity index (χ3n) is 4.32. The van der Waals surface area contributed by atoms with Gasteiger partial charge in [-0.15, -0.1) is 11.3 Å². The van der Waals surface area contributed by atoms with Crippen LogP contribution in [-0.2, 0) is 4.79 Å². The summed E-state index contributed by atoms with van der Waals surface area (Å²) in [5.74, 6) is 0.317. The van der Waals surface area contributed by atoms with Crippen LogP contribution < -0.4 is 5.32 Å². The molecule has 1 amide bonds. The van der Waals surface area contributed by atoms with Gasteiger partial charge in [0.15, 0.2) is 0 Å². The predicted molar refractivity (Wildman–Crippen MR) is 101 cm³/mol. The first-order valence-corrected chi connectivity index (χ1v) is 9.00. The molecule has 0 unspecified atom stereocenters. The zero-order chi connectivity index (χ0) is 17.1. The maximum Gasteiger partial charge on any atom is 0.238 e. The Kier molecular flexibility index (Phi) is 5.02. The first-order valence-electron chi connectivity index (χ1n) is 8.12. The third kappa shape index (κ3) is 3.37. The SMILES string of the molecule is C[C@H](NC[C@H](c1cccs1)c1c[nH]c2ccccc12)C(=O)N(C)C. The molecule has 5 heteroatoms. The van der Waals surface area contributed by atoms with Crippen LogP contribution in [0.1, 0.15) is 23.3 Å². The number of hydrogen-bond donors (Lipinski definition) is 2. The lowest BCUT2D eigenvalue weighted by Crippen LogP contribution is -2.43. The fourth-order valence-corrected chi connectivity index (χ4v) is 3.85. The van der Waals surface area contributed by atoms with E-state index in [9.17, 15) is 4.79 Å². The van der Waals surface area contributed by atoms with Crippen LogP contribution in [0, 0.1) is 0 Å². The molecule has 0 saturated carbocycles. The van der Waals surface area contributed by atoms with Crippen molar-refractivity contribution in [3.63, 3.8) is 0 Å². The largest absolute Gasteiger partial charge is 0.361 e. The van der Waals surface area contributed by atoms with E-state index in [2.05, 4.69) is 52.2 Å². The maximum atomic E-state index is 12.1. The average molecular weight is 341 g/mol. The number of H-pyrrole nitrogens is 1. The Morgan fingerprint density at radius 1 is 1.25 bits per heavy atom. The van der Waals surface area contributed by atoms with Gasteiger partial charge in [-0.3, -0.25) is 4.79 Å². The molecular weight excluding hydrogens is 318 g/mol. The van der Waals surface area contributed by atoms with Crippen molar-refractivity contribution < 1.29 is 4.79 Å². The fraction of sp³-hybridized carbons (Fsp3) is 0.316. The standard InChI is InChI=1S/C19H23N3OS/c1-13(19(23)22(2)3)20-12-16(18-9-6-10-24-18)15-11-21-17-8-5-4-7-14(15)17/h4-11,13,16,20-21H,12H2,1-3H3/t13-,16-/m0/s1. The van der Waals surface area contributed by atoms with Crippen LogP contribution in [0.15, 0.2) is 48.0 Å². The van der Waals surface area contributed by atoms with Crippen molar-refractivity contribution in [1.82, 2.24) is 15.2 Å². The van der Waals surface area contributed by atoms with E-state index in [1.807, 2.05) is 13.0 Å². The quantitative estimate of drug-likeness (QED) is 0.722. The highest BCUT2D eigenvalue weighted by molar-refractivity contribution is 7.10. The van der Waals surface area contributed by atoms with Gasteiger partial charge < -0.3 is 15.2 Å². The van der Waals surface area contributed by atoms with Gasteiger partial charge in [-0.05, 0) is 30.0 Å². The summed E-state index contributed by atoms with van der Waals surface area (Å²) < 4.78 is 0. The van der Waals surface area contributed by atoms with Crippen molar-refractivity contribution in [2.75, 3.05) is 20.6 Å². The number of aromatic nitrogens is 1. The minimum Gasteiger partial charge on any atom is -0.361 e. The van der Waals surface area contributed by atoms with Gasteiger partial charge in [-0.2, -0.15) is 0 Å². The van der Waals surface area contributed by atoms with Gasteiger partial charge in [0.05, 0.1) is 6.04 Å². The van der Waals surface area contributed by atoms with Gasteiger partial charge in [0.25, 0.3) is 0 Å². The number of carbonyl (C=O) groups excluding carboxylic acids is 1. The molecule has 3 rings (SSSR count). The summed E-state index contributed by atoms with van der Waals surface area (Å²) in [5, 5.41) is 6.75. The number of aromatic amines is 1. The molecule has 1 aromatic carbocycles. The van der Waals surface area contributed by atoms with Crippen LogP contribution in [0.25, 0.3) is 10.9 Å². The molecular formula is C19H23N3OS. The summed E-state index contributed by atoms with van der Waals surface area (Å²) in [5.41, 5.74) is 2.41. The van der Waals surface area contributed by atoms with Gasteiger partial charge in [-0.25, -0.2) is 0 Å². The molecule has 0 aliphatic rings. The summed E-state index contributed by atoms with van der Waals surface area (Å²) in [4.78, 5) is 18.4. The molecule has 0 saturated heterocycles. The molecule has 3 aromatic rings. The fourth-order valence-electron chi connectivity index (χ4n) is 3.00. The Bertz CT molecular complexity index is 807. The monoisotopic (exact) mass is 341 g/mol. The molecule has 0 aliphatic carbocycles. The number of amides is 1. The van der Waals surface area contributed by atoms with Crippen molar-refractivity contribution >= 4 is 28.1 Å². The minimum absolute atomic E-state index is 0.0962. The van der Waals surface area contributed by atoms with Crippen molar-refractivity contribution in [2.24, 2.45) is 0 Å². The van der Waals surface area contributed by atoms with Gasteiger partial charge in [-0.1, -0.05) is 24.3 Å². The molecule has 2 atom stereocenters. The molecule has 0 bridgehead atoms. The van der Waals surface area contributed by atoms with Crippen LogP contribution in [0.4, 0.5) is 0 Å². The van der Waals surface area contributed by atoms with E-state index in [1.54, 1.807) is 30.3 Å². The lowest BCUT2D eigenvalue weighted by atomic mass is 9.96. The van der Waals surface area contributed by atoms with Crippen molar-refractivity contribution in [3.8, 4) is 0 Å². The van der Waals surface area contributed by atoms with Crippen LogP contribution >= 0.6 is 11.3 Å². The van der Waals surface area contributed by atoms with Crippen molar-refractivity contribution in [2.45, 2.75) is 18.9 Å². The average Bonchev–Trinajstić information content (AvgIpc) is 3.24. The number of fused-ring (bicyclic) bond motifs is 1. The van der Waals surface area contributed by atoms with E-state index in [1.165, 1.54) is 15.8 Å². The smallest absolute Gasteiger partial charge is 0.238 e. The first kappa shape index (κ1) is 16.7. The van der Waals surface area contributed by atoms with Gasteiger partial charge >= 0.3 is 0 Å². The molecule has 0 fully saturated rings. The summed E-state index contributed by atoms with van der Waals surface area (Å²) in [7, 11) is 3.58. The van der Waals surface area contributed by atoms with E-state index in [4.69, 9.17) is 0 Å². The highest BCUT2D eigenvalue weighted by atomic mass is 32.1. The summed E-state index contributed by atoms with van der Waals surface area (Å²) >= 11 is 1.75. The topological polar surface area (TPSA) is 48.1 Å². The number of para-hydroxylation sites is 1. The minimum atomic E-state index is -0.201. The Morgan fingerprint density at radius 2 is 2.04 bits per heavy atom. The first-order chi connectivity index (χ1) is 11.6. The van der Waals surface area contributed by atoms with Crippen molar-refractivity contribution in [1.29, 1.82) is 0 Å². The van der Waals surface area contributed by atoms with E-state index < -0.39 is 0 Å². The summed E-state index contributed by atoms with van der Waals surface area (Å²) in [6, 6.07) is 12.4. The molecule has 2 aromatic heterocycles. The van der Waals surface area contributed by atoms with Crippen LogP contribution in [0.5, 0.6) is 0 Å². The maximum absolute atomic E-state index is 12.1. The second kappa shape index (κ2) is 7.20. The van der Waals surface area contributed by atoms with Gasteiger partial charge in [0, 0.05) is 48.5 Å². The zero-order valence-electron chi connectivity index (χ0n) is 14.2. The molecule has 2 N–H and O–H groups in total. The normalized spacial score (nSPS) is 13.8. The lowest BCUT2D eigenvalue weighted by Gasteiger charge is -2.22. The number of hydrogen-bond acceptors (Lipinski definition) is 3. The Hall–Kier alpha value is -2.11. The second-order valence-electron chi connectivity index (χ2n) is 6.22. The van der Waals surface area contributed by atoms with E-state index in [0.29, 0.717) is 0 Å². The Labute approximate surface area is 146 Å². The molecule has 4 nitrogen and oxygen atoms in total. The predicted octanol–water partition coefficient (Wildman–Crippen LogP) is 3.43. The van der Waals surface area contributed by atoms with E-state index in [-0.39, 0.29) is 17.9 Å². The lowest BCUT2D eigenvalue weighted by molar-refractivity contribution is -0.130. The number of thiophene rings is 1. The highest BCUT2D eigenvalue weighted by Gasteiger charge is 2.21. The molecule has 0 aliphatic heterocycles. The van der Waals surface area contributed by atoms with Crippen molar-refractivity contribution in [3.05, 3.63) is 58.4 Å². The zero-order valence-corrected chi connectivity index (χ0v) is 15.1. The number of likely N-dealkylation sites (N-methyl/N-ethyl adjacent to an activating group) is 1. The number of carbonyl (C=O) groups is 1. The summed E-state index contributed by atoms with van der Waals surface area (Å²) in [6.07, 6.45) is 2.09. The number of nitrogens with one attached hydrogen (secondary N) is 2. The van der Waals surface area contributed by atoms with Gasteiger partial charge in [0.2, 0.25) is 5.91 Å². The number of benzene rings is 1. The summed E-state index contributed by atoms with van der Waals surface area (Å²) in [6.45, 7) is 2.64. The van der Waals surface area contributed by atoms with Crippen LogP contribution in [0.3, 0.4) is 0 Å². The van der Waals surface area contributed by atoms with E-state index in [0.717, 1.165) is 12.1 Å². The Balaban J connectivity index is 1.87. The molecule has 0 radical (unpaired) electrons. The van der Waals surface area contributed by atoms with Gasteiger partial charge in [0.1, 0.15) is 0 Å². The van der Waals surface area contributed by atoms with Crippen LogP contribution in [-0.4, -0.2) is 42.5 Å². The molecule has 24 heavy (non-hydrogen) atoms. The molecule has 126 valence electrons. The Morgan fingerprint density at radius 3 is 2.75 bits per heavy atom. The highest BCUT2D eigenvalue weighted by Crippen LogP contribution is 2.32. The third-order valence-corrected chi connectivity index (χ3v) is 5.31. The molecule has 0 spiro atoms. The second-order valence-corrected chi connectivity index (χ2v) is 7.20. The number of rotatable bonds is 6. The molecule has 2 heterocycles.